The molecular formula is C4HBr3ClN. The summed E-state index contributed by atoms with van der Waals surface area (Å²) in [4.78, 5) is 2.86. The lowest BCUT2D eigenvalue weighted by Crippen LogP contribution is -1.58. The van der Waals surface area contributed by atoms with Gasteiger partial charge in [-0.25, -0.2) is 0 Å². The van der Waals surface area contributed by atoms with E-state index < -0.39 is 0 Å². The maximum absolute atomic E-state index is 5.67. The van der Waals surface area contributed by atoms with Gasteiger partial charge < -0.3 is 4.98 Å². The quantitative estimate of drug-likeness (QED) is 0.737. The zero-order valence-electron chi connectivity index (χ0n) is 4.01. The Labute approximate surface area is 82.5 Å². The van der Waals surface area contributed by atoms with E-state index in [1.165, 1.54) is 0 Å². The van der Waals surface area contributed by atoms with Crippen LogP contribution in [0.5, 0.6) is 0 Å². The van der Waals surface area contributed by atoms with Gasteiger partial charge in [-0.2, -0.15) is 0 Å². The fourth-order valence-electron chi connectivity index (χ4n) is 0.399. The minimum atomic E-state index is 0.591. The van der Waals surface area contributed by atoms with Gasteiger partial charge in [0.2, 0.25) is 0 Å². The van der Waals surface area contributed by atoms with Crippen LogP contribution in [0.3, 0.4) is 0 Å². The van der Waals surface area contributed by atoms with Gasteiger partial charge in [0.15, 0.2) is 0 Å². The van der Waals surface area contributed by atoms with Crippen molar-refractivity contribution in [1.29, 1.82) is 0 Å². The van der Waals surface area contributed by atoms with Crippen LogP contribution in [0.1, 0.15) is 0 Å². The van der Waals surface area contributed by atoms with Crippen LogP contribution in [0.25, 0.3) is 0 Å². The van der Waals surface area contributed by atoms with E-state index in [-0.39, 0.29) is 0 Å². The third kappa shape index (κ3) is 1.53. The van der Waals surface area contributed by atoms with Crippen molar-refractivity contribution in [1.82, 2.24) is 4.98 Å². The first-order valence-corrected chi connectivity index (χ1v) is 4.76. The largest absolute Gasteiger partial charge is 0.338 e. The number of rotatable bonds is 0. The molecule has 0 aliphatic carbocycles. The summed E-state index contributed by atoms with van der Waals surface area (Å²) >= 11 is 15.5. The number of halogens is 4. The second kappa shape index (κ2) is 2.95. The SMILES string of the molecule is Clc1[nH]c(Br)c(Br)c1Br. The predicted molar refractivity (Wildman–Crippen MR) is 48.9 cm³/mol. The number of aromatic amines is 1. The van der Waals surface area contributed by atoms with E-state index in [1.54, 1.807) is 0 Å². The summed E-state index contributed by atoms with van der Waals surface area (Å²) in [5, 5.41) is 0.591. The van der Waals surface area contributed by atoms with Gasteiger partial charge in [0.1, 0.15) is 5.15 Å². The van der Waals surface area contributed by atoms with Gasteiger partial charge in [-0.05, 0) is 47.8 Å². The average Bonchev–Trinajstić information content (AvgIpc) is 1.98. The maximum Gasteiger partial charge on any atom is 0.122 e. The number of hydrogen-bond acceptors (Lipinski definition) is 0. The van der Waals surface area contributed by atoms with Crippen molar-refractivity contribution >= 4 is 59.4 Å². The van der Waals surface area contributed by atoms with Gasteiger partial charge in [-0.1, -0.05) is 11.6 Å². The molecular weight excluding hydrogens is 337 g/mol. The van der Waals surface area contributed by atoms with Crippen LogP contribution < -0.4 is 0 Å². The first-order valence-electron chi connectivity index (χ1n) is 2.01. The van der Waals surface area contributed by atoms with Crippen LogP contribution in [0.15, 0.2) is 13.5 Å². The molecule has 0 amide bonds. The Morgan fingerprint density at radius 1 is 1.11 bits per heavy atom. The fourth-order valence-corrected chi connectivity index (χ4v) is 2.07. The Kier molecular flexibility index (Phi) is 2.65. The van der Waals surface area contributed by atoms with Crippen LogP contribution in [0.4, 0.5) is 0 Å². The second-order valence-electron chi connectivity index (χ2n) is 1.38. The Hall–Kier alpha value is 1.01. The molecule has 0 aliphatic heterocycles. The van der Waals surface area contributed by atoms with Crippen LogP contribution in [-0.2, 0) is 0 Å². The summed E-state index contributed by atoms with van der Waals surface area (Å²) in [6.45, 7) is 0. The van der Waals surface area contributed by atoms with Crippen LogP contribution in [0.2, 0.25) is 5.15 Å². The zero-order chi connectivity index (χ0) is 7.02. The third-order valence-corrected chi connectivity index (χ3v) is 4.55. The Morgan fingerprint density at radius 2 is 1.67 bits per heavy atom. The molecule has 9 heavy (non-hydrogen) atoms. The molecule has 0 aromatic carbocycles. The molecule has 5 heteroatoms. The number of nitrogens with one attached hydrogen (secondary N) is 1. The molecule has 0 fully saturated rings. The Balaban J connectivity index is 3.29. The van der Waals surface area contributed by atoms with Crippen molar-refractivity contribution in [2.45, 2.75) is 0 Å². The lowest BCUT2D eigenvalue weighted by atomic mass is 10.7. The molecule has 1 aromatic rings. The molecule has 1 N–H and O–H groups in total. The molecule has 1 aromatic heterocycles. The van der Waals surface area contributed by atoms with Crippen molar-refractivity contribution in [3.63, 3.8) is 0 Å². The number of aromatic nitrogens is 1. The smallest absolute Gasteiger partial charge is 0.122 e. The van der Waals surface area contributed by atoms with Crippen LogP contribution >= 0.6 is 59.4 Å². The summed E-state index contributed by atoms with van der Waals surface area (Å²) in [5.41, 5.74) is 0. The van der Waals surface area contributed by atoms with Crippen molar-refractivity contribution in [2.24, 2.45) is 0 Å². The van der Waals surface area contributed by atoms with Gasteiger partial charge in [-0.15, -0.1) is 0 Å². The molecule has 0 aliphatic rings. The van der Waals surface area contributed by atoms with E-state index in [0.717, 1.165) is 13.5 Å². The van der Waals surface area contributed by atoms with Gasteiger partial charge >= 0.3 is 0 Å². The van der Waals surface area contributed by atoms with E-state index in [4.69, 9.17) is 11.6 Å². The highest BCUT2D eigenvalue weighted by atomic mass is 79.9. The van der Waals surface area contributed by atoms with Crippen molar-refractivity contribution in [3.8, 4) is 0 Å². The highest BCUT2D eigenvalue weighted by Gasteiger charge is 2.08. The molecule has 0 unspecified atom stereocenters. The summed E-state index contributed by atoms with van der Waals surface area (Å²) < 4.78 is 2.60. The molecule has 0 spiro atoms. The van der Waals surface area contributed by atoms with E-state index >= 15 is 0 Å². The van der Waals surface area contributed by atoms with Gasteiger partial charge in [0.05, 0.1) is 13.5 Å². The summed E-state index contributed by atoms with van der Waals surface area (Å²) in [5.74, 6) is 0. The standard InChI is InChI=1S/C4HBr3ClN/c5-1-2(6)4(8)9-3(1)7/h9H. The second-order valence-corrected chi connectivity index (χ2v) is 4.14. The summed E-state index contributed by atoms with van der Waals surface area (Å²) in [6, 6.07) is 0. The monoisotopic (exact) mass is 335 g/mol. The van der Waals surface area contributed by atoms with Crippen LogP contribution in [-0.4, -0.2) is 4.98 Å². The molecule has 1 rings (SSSR count). The zero-order valence-corrected chi connectivity index (χ0v) is 9.53. The van der Waals surface area contributed by atoms with Gasteiger partial charge in [0.25, 0.3) is 0 Å². The highest BCUT2D eigenvalue weighted by molar-refractivity contribution is 9.14. The first-order chi connectivity index (χ1) is 4.13. The Bertz CT molecular complexity index is 209. The van der Waals surface area contributed by atoms with E-state index in [2.05, 4.69) is 52.8 Å². The molecule has 0 saturated heterocycles. The minimum Gasteiger partial charge on any atom is -0.338 e. The predicted octanol–water partition coefficient (Wildman–Crippen LogP) is 3.96. The number of hydrogen-bond donors (Lipinski definition) is 1. The first kappa shape index (κ1) is 8.11. The average molecular weight is 338 g/mol. The molecule has 0 radical (unpaired) electrons. The summed E-state index contributed by atoms with van der Waals surface area (Å²) in [7, 11) is 0. The van der Waals surface area contributed by atoms with Crippen LogP contribution in [0, 0.1) is 0 Å². The molecule has 0 saturated carbocycles. The van der Waals surface area contributed by atoms with E-state index in [9.17, 15) is 0 Å². The highest BCUT2D eigenvalue weighted by Crippen LogP contribution is 2.35. The summed E-state index contributed by atoms with van der Waals surface area (Å²) in [6.07, 6.45) is 0. The fraction of sp³-hybridized carbons (Fsp3) is 0. The molecule has 50 valence electrons. The molecule has 1 heterocycles. The van der Waals surface area contributed by atoms with Gasteiger partial charge in [0, 0.05) is 0 Å². The van der Waals surface area contributed by atoms with E-state index in [0.29, 0.717) is 5.15 Å². The maximum atomic E-state index is 5.67. The number of H-pyrrole nitrogens is 1. The van der Waals surface area contributed by atoms with E-state index in [1.807, 2.05) is 0 Å². The minimum absolute atomic E-state index is 0.591. The normalized spacial score (nSPS) is 10.2. The topological polar surface area (TPSA) is 15.8 Å². The van der Waals surface area contributed by atoms with Crippen molar-refractivity contribution in [2.75, 3.05) is 0 Å². The third-order valence-electron chi connectivity index (χ3n) is 0.798. The van der Waals surface area contributed by atoms with Crippen molar-refractivity contribution < 1.29 is 0 Å². The molecule has 0 bridgehead atoms. The Morgan fingerprint density at radius 3 is 1.78 bits per heavy atom. The lowest BCUT2D eigenvalue weighted by molar-refractivity contribution is 1.35. The van der Waals surface area contributed by atoms with Gasteiger partial charge in [-0.3, -0.25) is 0 Å². The molecule has 0 atom stereocenters. The lowest BCUT2D eigenvalue weighted by Gasteiger charge is -1.81. The van der Waals surface area contributed by atoms with Crippen molar-refractivity contribution in [3.05, 3.63) is 18.7 Å². The molecule has 1 nitrogen and oxygen atoms in total.